The molecule has 2 aromatic rings. The van der Waals surface area contributed by atoms with Gasteiger partial charge in [-0.25, -0.2) is 4.98 Å². The molecule has 1 saturated heterocycles. The third kappa shape index (κ3) is 4.35. The average Bonchev–Trinajstić information content (AvgIpc) is 2.90. The number of likely N-dealkylation sites (tertiary alicyclic amines) is 1. The number of aromatic nitrogens is 1. The first-order valence-corrected chi connectivity index (χ1v) is 10.4. The van der Waals surface area contributed by atoms with Gasteiger partial charge in [0, 0.05) is 31.7 Å². The van der Waals surface area contributed by atoms with Crippen molar-refractivity contribution in [2.75, 3.05) is 27.2 Å². The number of rotatable bonds is 4. The Morgan fingerprint density at radius 1 is 1.25 bits per heavy atom. The summed E-state index contributed by atoms with van der Waals surface area (Å²) < 4.78 is 5.23. The Morgan fingerprint density at radius 2 is 2.04 bits per heavy atom. The van der Waals surface area contributed by atoms with Crippen molar-refractivity contribution in [2.24, 2.45) is 0 Å². The predicted molar refractivity (Wildman–Crippen MR) is 110 cm³/mol. The van der Waals surface area contributed by atoms with Crippen molar-refractivity contribution in [3.8, 4) is 5.75 Å². The number of methoxy groups -OCH3 is 1. The van der Waals surface area contributed by atoms with Crippen LogP contribution in [0.4, 0.5) is 0 Å². The predicted octanol–water partition coefficient (Wildman–Crippen LogP) is 3.54. The van der Waals surface area contributed by atoms with Crippen LogP contribution >= 0.6 is 11.3 Å². The van der Waals surface area contributed by atoms with Crippen molar-refractivity contribution < 1.29 is 14.3 Å². The molecule has 0 unspecified atom stereocenters. The van der Waals surface area contributed by atoms with Gasteiger partial charge in [-0.2, -0.15) is 0 Å². The Kier molecular flexibility index (Phi) is 6.34. The molecule has 0 spiro atoms. The molecule has 28 heavy (non-hydrogen) atoms. The number of aryl methyl sites for hydroxylation is 2. The quantitative estimate of drug-likeness (QED) is 0.786. The molecule has 2 amide bonds. The van der Waals surface area contributed by atoms with Crippen molar-refractivity contribution in [2.45, 2.75) is 39.2 Å². The monoisotopic (exact) mass is 401 g/mol. The van der Waals surface area contributed by atoms with Crippen molar-refractivity contribution in [1.82, 2.24) is 14.8 Å². The number of hydrogen-bond donors (Lipinski definition) is 0. The van der Waals surface area contributed by atoms with Gasteiger partial charge in [0.25, 0.3) is 11.8 Å². The van der Waals surface area contributed by atoms with Crippen LogP contribution in [0.5, 0.6) is 5.75 Å². The second-order valence-corrected chi connectivity index (χ2v) is 8.38. The van der Waals surface area contributed by atoms with Crippen LogP contribution in [0.25, 0.3) is 0 Å². The Morgan fingerprint density at radius 3 is 2.71 bits per heavy atom. The lowest BCUT2D eigenvalue weighted by Gasteiger charge is -2.27. The summed E-state index contributed by atoms with van der Waals surface area (Å²) in [6.45, 7) is 5.17. The molecule has 0 saturated carbocycles. The van der Waals surface area contributed by atoms with Gasteiger partial charge in [0.2, 0.25) is 0 Å². The van der Waals surface area contributed by atoms with E-state index in [0.29, 0.717) is 24.4 Å². The number of benzene rings is 1. The lowest BCUT2D eigenvalue weighted by atomic mass is 10.1. The van der Waals surface area contributed by atoms with Crippen LogP contribution in [-0.4, -0.2) is 59.9 Å². The zero-order valence-electron chi connectivity index (χ0n) is 16.9. The molecule has 0 aliphatic carbocycles. The summed E-state index contributed by atoms with van der Waals surface area (Å²) >= 11 is 1.46. The normalized spacial score (nSPS) is 17.1. The second-order valence-electron chi connectivity index (χ2n) is 7.17. The summed E-state index contributed by atoms with van der Waals surface area (Å²) in [5.74, 6) is 0.718. The maximum Gasteiger partial charge on any atom is 0.265 e. The largest absolute Gasteiger partial charge is 0.497 e. The molecule has 1 aromatic carbocycles. The Hall–Kier alpha value is -2.41. The molecule has 2 heterocycles. The topological polar surface area (TPSA) is 62.7 Å². The summed E-state index contributed by atoms with van der Waals surface area (Å²) in [5, 5.41) is 0.914. The molecule has 0 N–H and O–H groups in total. The summed E-state index contributed by atoms with van der Waals surface area (Å²) in [6, 6.07) is 7.34. The highest BCUT2D eigenvalue weighted by atomic mass is 32.1. The fourth-order valence-electron chi connectivity index (χ4n) is 3.67. The third-order valence-electron chi connectivity index (χ3n) is 5.27. The van der Waals surface area contributed by atoms with Crippen molar-refractivity contribution >= 4 is 23.2 Å². The molecule has 1 aliphatic heterocycles. The van der Waals surface area contributed by atoms with Crippen LogP contribution in [0.2, 0.25) is 0 Å². The maximum absolute atomic E-state index is 12.9. The van der Waals surface area contributed by atoms with E-state index < -0.39 is 0 Å². The zero-order valence-corrected chi connectivity index (χ0v) is 17.7. The summed E-state index contributed by atoms with van der Waals surface area (Å²) in [4.78, 5) is 34.6. The lowest BCUT2D eigenvalue weighted by molar-refractivity contribution is 0.0710. The smallest absolute Gasteiger partial charge is 0.265 e. The van der Waals surface area contributed by atoms with E-state index in [1.165, 1.54) is 11.3 Å². The zero-order chi connectivity index (χ0) is 20.3. The minimum Gasteiger partial charge on any atom is -0.497 e. The number of hydrogen-bond acceptors (Lipinski definition) is 5. The van der Waals surface area contributed by atoms with E-state index in [2.05, 4.69) is 4.98 Å². The molecule has 0 radical (unpaired) electrons. The molecule has 1 fully saturated rings. The summed E-state index contributed by atoms with van der Waals surface area (Å²) in [5.41, 5.74) is 1.42. The van der Waals surface area contributed by atoms with E-state index >= 15 is 0 Å². The van der Waals surface area contributed by atoms with E-state index in [-0.39, 0.29) is 17.9 Å². The fourth-order valence-corrected chi connectivity index (χ4v) is 4.56. The van der Waals surface area contributed by atoms with E-state index in [4.69, 9.17) is 4.74 Å². The van der Waals surface area contributed by atoms with E-state index in [9.17, 15) is 9.59 Å². The van der Waals surface area contributed by atoms with Crippen LogP contribution in [-0.2, 0) is 0 Å². The Bertz CT molecular complexity index is 864. The maximum atomic E-state index is 12.9. The van der Waals surface area contributed by atoms with Crippen LogP contribution in [0, 0.1) is 13.8 Å². The first kappa shape index (κ1) is 20.3. The van der Waals surface area contributed by atoms with E-state index in [1.54, 1.807) is 13.2 Å². The van der Waals surface area contributed by atoms with E-state index in [1.807, 2.05) is 48.9 Å². The van der Waals surface area contributed by atoms with Gasteiger partial charge >= 0.3 is 0 Å². The number of amides is 2. The number of nitrogens with zero attached hydrogens (tertiary/aromatic N) is 3. The van der Waals surface area contributed by atoms with Crippen molar-refractivity contribution in [3.05, 3.63) is 45.4 Å². The SMILES string of the molecule is COc1cccc(C(=O)N(C)[C@H]2CCCN(C(=O)c3sc(C)nc3C)CC2)c1. The van der Waals surface area contributed by atoms with Gasteiger partial charge in [0.15, 0.2) is 0 Å². The van der Waals surface area contributed by atoms with Crippen LogP contribution in [0.15, 0.2) is 24.3 Å². The number of thiazole rings is 1. The highest BCUT2D eigenvalue weighted by Gasteiger charge is 2.28. The van der Waals surface area contributed by atoms with Crippen LogP contribution in [0.1, 0.15) is 50.0 Å². The molecule has 150 valence electrons. The molecule has 7 heteroatoms. The molecule has 1 atom stereocenters. The van der Waals surface area contributed by atoms with E-state index in [0.717, 1.165) is 34.8 Å². The summed E-state index contributed by atoms with van der Waals surface area (Å²) in [7, 11) is 3.44. The van der Waals surface area contributed by atoms with Gasteiger partial charge in [-0.05, 0) is 51.3 Å². The van der Waals surface area contributed by atoms with Crippen molar-refractivity contribution in [1.29, 1.82) is 0 Å². The Labute approximate surface area is 170 Å². The number of carbonyl (C=O) groups is 2. The fraction of sp³-hybridized carbons (Fsp3) is 0.476. The van der Waals surface area contributed by atoms with Crippen molar-refractivity contribution in [3.63, 3.8) is 0 Å². The standard InChI is InChI=1S/C21H27N3O3S/c1-14-19(28-15(2)22-14)21(26)24-11-6-8-17(10-12-24)23(3)20(25)16-7-5-9-18(13-16)27-4/h5,7,9,13,17H,6,8,10-12H2,1-4H3/t17-/m0/s1. The first-order chi connectivity index (χ1) is 13.4. The lowest BCUT2D eigenvalue weighted by Crippen LogP contribution is -2.38. The minimum absolute atomic E-state index is 0.0161. The van der Waals surface area contributed by atoms with Gasteiger partial charge in [0.1, 0.15) is 10.6 Å². The van der Waals surface area contributed by atoms with Gasteiger partial charge in [-0.1, -0.05) is 6.07 Å². The molecular formula is C21H27N3O3S. The molecular weight excluding hydrogens is 374 g/mol. The average molecular weight is 402 g/mol. The molecule has 1 aromatic heterocycles. The Balaban J connectivity index is 1.66. The molecule has 1 aliphatic rings. The first-order valence-electron chi connectivity index (χ1n) is 9.55. The van der Waals surface area contributed by atoms with Gasteiger partial charge in [0.05, 0.1) is 17.8 Å². The van der Waals surface area contributed by atoms with Crippen LogP contribution in [0.3, 0.4) is 0 Å². The van der Waals surface area contributed by atoms with Gasteiger partial charge in [-0.15, -0.1) is 11.3 Å². The highest BCUT2D eigenvalue weighted by molar-refractivity contribution is 7.13. The van der Waals surface area contributed by atoms with Gasteiger partial charge in [-0.3, -0.25) is 9.59 Å². The number of carbonyl (C=O) groups excluding carboxylic acids is 2. The van der Waals surface area contributed by atoms with Gasteiger partial charge < -0.3 is 14.5 Å². The molecule has 6 nitrogen and oxygen atoms in total. The minimum atomic E-state index is -0.0161. The molecule has 3 rings (SSSR count). The third-order valence-corrected chi connectivity index (χ3v) is 6.33. The summed E-state index contributed by atoms with van der Waals surface area (Å²) in [6.07, 6.45) is 2.54. The molecule has 0 bridgehead atoms. The highest BCUT2D eigenvalue weighted by Crippen LogP contribution is 2.24. The number of ether oxygens (including phenoxy) is 1. The second kappa shape index (κ2) is 8.73. The van der Waals surface area contributed by atoms with Crippen LogP contribution < -0.4 is 4.74 Å².